The summed E-state index contributed by atoms with van der Waals surface area (Å²) >= 11 is 0. The Labute approximate surface area is 282 Å². The molecule has 0 spiro atoms. The van der Waals surface area contributed by atoms with Crippen LogP contribution in [0.1, 0.15) is 219 Å². The number of aliphatic hydroxyl groups excluding tert-OH is 1. The van der Waals surface area contributed by atoms with Crippen molar-refractivity contribution in [3.8, 4) is 0 Å². The Balaban J connectivity index is 3.39. The van der Waals surface area contributed by atoms with Crippen LogP contribution >= 0.6 is 0 Å². The van der Waals surface area contributed by atoms with Gasteiger partial charge in [0, 0.05) is 13.0 Å². The van der Waals surface area contributed by atoms with Crippen LogP contribution in [0.25, 0.3) is 0 Å². The van der Waals surface area contributed by atoms with Gasteiger partial charge in [-0.15, -0.1) is 0 Å². The summed E-state index contributed by atoms with van der Waals surface area (Å²) in [5.74, 6) is -0.198. The number of unbranched alkanes of at least 4 members (excludes halogenated alkanes) is 28. The predicted molar refractivity (Wildman–Crippen MR) is 196 cm³/mol. The minimum absolute atomic E-state index is 0.168. The maximum absolute atomic E-state index is 12.2. The van der Waals surface area contributed by atoms with E-state index in [2.05, 4.69) is 26.0 Å². The highest BCUT2D eigenvalue weighted by molar-refractivity contribution is 5.69. The molecule has 1 atom stereocenters. The second kappa shape index (κ2) is 39.3. The second-order valence-electron chi connectivity index (χ2n) is 13.7. The Hall–Kier alpha value is -0.870. The van der Waals surface area contributed by atoms with Gasteiger partial charge in [0.25, 0.3) is 0 Å². The smallest absolute Gasteiger partial charge is 0.306 e. The molecule has 0 fully saturated rings. The monoisotopic (exact) mass is 637 g/mol. The molecule has 4 heteroatoms. The number of aliphatic hydroxyl groups is 1. The predicted octanol–water partition coefficient (Wildman–Crippen LogP) is 13.0. The molecular formula is C41H80O4. The maximum atomic E-state index is 12.2. The van der Waals surface area contributed by atoms with E-state index in [1.54, 1.807) is 0 Å². The molecule has 0 bridgehead atoms. The van der Waals surface area contributed by atoms with Crippen LogP contribution in [0.3, 0.4) is 0 Å². The number of allylic oxidation sites excluding steroid dienone is 2. The Morgan fingerprint density at radius 1 is 0.511 bits per heavy atom. The number of carbonyl (C=O) groups is 1. The Kier molecular flexibility index (Phi) is 38.5. The minimum Gasteiger partial charge on any atom is -0.457 e. The first-order valence-corrected chi connectivity index (χ1v) is 20.3. The molecule has 45 heavy (non-hydrogen) atoms. The average Bonchev–Trinajstić information content (AvgIpc) is 3.05. The quantitative estimate of drug-likeness (QED) is 0.0416. The molecule has 1 unspecified atom stereocenters. The van der Waals surface area contributed by atoms with Gasteiger partial charge in [-0.05, 0) is 38.5 Å². The molecule has 0 radical (unpaired) electrons. The van der Waals surface area contributed by atoms with Gasteiger partial charge in [0.1, 0.15) is 6.10 Å². The van der Waals surface area contributed by atoms with Crippen LogP contribution in [0.5, 0.6) is 0 Å². The SMILES string of the molecule is CCCCCCC/C=C\CCCCCCCCOCC(CO)OC(=O)CCCCCCCCCCCCCCCCCCCC. The van der Waals surface area contributed by atoms with Gasteiger partial charge in [-0.1, -0.05) is 187 Å². The molecule has 0 aromatic rings. The van der Waals surface area contributed by atoms with Gasteiger partial charge >= 0.3 is 5.97 Å². The van der Waals surface area contributed by atoms with E-state index in [-0.39, 0.29) is 12.6 Å². The summed E-state index contributed by atoms with van der Waals surface area (Å²) in [5, 5.41) is 9.58. The third-order valence-electron chi connectivity index (χ3n) is 9.09. The molecule has 0 amide bonds. The lowest BCUT2D eigenvalue weighted by molar-refractivity contribution is -0.154. The van der Waals surface area contributed by atoms with E-state index in [4.69, 9.17) is 9.47 Å². The standard InChI is InChI=1S/C41H80O4/c1-3-5-7-9-11-13-15-17-19-20-21-22-24-26-28-30-32-34-36-41(43)45-40(38-42)39-44-37-35-33-31-29-27-25-23-18-16-14-12-10-8-6-4-2/h16,18,40,42H,3-15,17,19-39H2,1-2H3/b18-16-. The van der Waals surface area contributed by atoms with Gasteiger partial charge in [0.2, 0.25) is 0 Å². The van der Waals surface area contributed by atoms with Gasteiger partial charge in [-0.2, -0.15) is 0 Å². The van der Waals surface area contributed by atoms with E-state index in [0.717, 1.165) is 19.3 Å². The van der Waals surface area contributed by atoms with Crippen molar-refractivity contribution >= 4 is 5.97 Å². The lowest BCUT2D eigenvalue weighted by atomic mass is 10.0. The highest BCUT2D eigenvalue weighted by Crippen LogP contribution is 2.15. The van der Waals surface area contributed by atoms with Crippen LogP contribution in [-0.4, -0.2) is 37.0 Å². The summed E-state index contributed by atoms with van der Waals surface area (Å²) in [6, 6.07) is 0. The molecule has 0 rings (SSSR count). The number of hydrogen-bond donors (Lipinski definition) is 1. The minimum atomic E-state index is -0.530. The Morgan fingerprint density at radius 3 is 1.27 bits per heavy atom. The van der Waals surface area contributed by atoms with Gasteiger partial charge in [-0.25, -0.2) is 0 Å². The molecule has 0 aliphatic rings. The fraction of sp³-hybridized carbons (Fsp3) is 0.927. The number of ether oxygens (including phenoxy) is 2. The second-order valence-corrected chi connectivity index (χ2v) is 13.7. The zero-order valence-corrected chi connectivity index (χ0v) is 30.7. The highest BCUT2D eigenvalue weighted by atomic mass is 16.6. The summed E-state index contributed by atoms with van der Waals surface area (Å²) < 4.78 is 11.1. The summed E-state index contributed by atoms with van der Waals surface area (Å²) in [6.45, 7) is 5.36. The van der Waals surface area contributed by atoms with Crippen LogP contribution < -0.4 is 0 Å². The molecule has 1 N–H and O–H groups in total. The van der Waals surface area contributed by atoms with Crippen molar-refractivity contribution in [2.24, 2.45) is 0 Å². The van der Waals surface area contributed by atoms with Crippen molar-refractivity contribution in [2.75, 3.05) is 19.8 Å². The fourth-order valence-corrected chi connectivity index (χ4v) is 6.03. The van der Waals surface area contributed by atoms with Crippen molar-refractivity contribution in [3.63, 3.8) is 0 Å². The first-order valence-electron chi connectivity index (χ1n) is 20.3. The van der Waals surface area contributed by atoms with Gasteiger partial charge in [0.05, 0.1) is 13.2 Å². The highest BCUT2D eigenvalue weighted by Gasteiger charge is 2.13. The normalized spacial score (nSPS) is 12.3. The number of esters is 1. The molecule has 0 saturated carbocycles. The van der Waals surface area contributed by atoms with Crippen molar-refractivity contribution in [3.05, 3.63) is 12.2 Å². The molecule has 0 saturated heterocycles. The van der Waals surface area contributed by atoms with E-state index < -0.39 is 6.10 Å². The van der Waals surface area contributed by atoms with Crippen LogP contribution in [0.15, 0.2) is 12.2 Å². The van der Waals surface area contributed by atoms with E-state index in [1.165, 1.54) is 180 Å². The molecule has 0 aromatic heterocycles. The van der Waals surface area contributed by atoms with Crippen molar-refractivity contribution in [1.29, 1.82) is 0 Å². The van der Waals surface area contributed by atoms with Gasteiger partial charge < -0.3 is 14.6 Å². The van der Waals surface area contributed by atoms with Crippen molar-refractivity contribution < 1.29 is 19.4 Å². The lowest BCUT2D eigenvalue weighted by Crippen LogP contribution is -2.27. The third kappa shape index (κ3) is 37.5. The molecule has 0 aliphatic heterocycles. The largest absolute Gasteiger partial charge is 0.457 e. The molecule has 0 aliphatic carbocycles. The van der Waals surface area contributed by atoms with E-state index >= 15 is 0 Å². The van der Waals surface area contributed by atoms with E-state index in [0.29, 0.717) is 19.6 Å². The van der Waals surface area contributed by atoms with Gasteiger partial charge in [-0.3, -0.25) is 4.79 Å². The van der Waals surface area contributed by atoms with Crippen LogP contribution in [-0.2, 0) is 14.3 Å². The van der Waals surface area contributed by atoms with Crippen LogP contribution in [0.4, 0.5) is 0 Å². The first-order chi connectivity index (χ1) is 22.2. The number of rotatable bonds is 38. The maximum Gasteiger partial charge on any atom is 0.306 e. The third-order valence-corrected chi connectivity index (χ3v) is 9.09. The van der Waals surface area contributed by atoms with Crippen LogP contribution in [0, 0.1) is 0 Å². The number of hydrogen-bond acceptors (Lipinski definition) is 4. The van der Waals surface area contributed by atoms with Crippen LogP contribution in [0.2, 0.25) is 0 Å². The molecular weight excluding hydrogens is 556 g/mol. The summed E-state index contributed by atoms with van der Waals surface area (Å²) in [6.07, 6.45) is 45.5. The molecule has 0 aromatic carbocycles. The topological polar surface area (TPSA) is 55.8 Å². The van der Waals surface area contributed by atoms with Crippen molar-refractivity contribution in [2.45, 2.75) is 225 Å². The zero-order valence-electron chi connectivity index (χ0n) is 30.7. The number of carbonyl (C=O) groups excluding carboxylic acids is 1. The Morgan fingerprint density at radius 2 is 0.867 bits per heavy atom. The summed E-state index contributed by atoms with van der Waals surface area (Å²) in [5.41, 5.74) is 0. The molecule has 4 nitrogen and oxygen atoms in total. The first kappa shape index (κ1) is 44.1. The van der Waals surface area contributed by atoms with Crippen molar-refractivity contribution in [1.82, 2.24) is 0 Å². The molecule has 0 heterocycles. The molecule has 268 valence electrons. The zero-order chi connectivity index (χ0) is 32.7. The van der Waals surface area contributed by atoms with E-state index in [1.807, 2.05) is 0 Å². The fourth-order valence-electron chi connectivity index (χ4n) is 6.03. The summed E-state index contributed by atoms with van der Waals surface area (Å²) in [7, 11) is 0. The van der Waals surface area contributed by atoms with Gasteiger partial charge in [0.15, 0.2) is 0 Å². The summed E-state index contributed by atoms with van der Waals surface area (Å²) in [4.78, 5) is 12.2. The Bertz CT molecular complexity index is 590. The lowest BCUT2D eigenvalue weighted by Gasteiger charge is -2.15. The average molecular weight is 637 g/mol. The van der Waals surface area contributed by atoms with E-state index in [9.17, 15) is 9.90 Å².